The molecule has 122 valence electrons. The molecule has 1 aliphatic heterocycles. The maximum atomic E-state index is 11.7. The van der Waals surface area contributed by atoms with Crippen LogP contribution in [0.4, 0.5) is 5.82 Å². The molecule has 2 aromatic rings. The van der Waals surface area contributed by atoms with Crippen molar-refractivity contribution >= 4 is 34.2 Å². The van der Waals surface area contributed by atoms with Gasteiger partial charge in [-0.2, -0.15) is 4.98 Å². The first-order chi connectivity index (χ1) is 11.0. The Morgan fingerprint density at radius 2 is 2.00 bits per heavy atom. The Bertz CT molecular complexity index is 768. The van der Waals surface area contributed by atoms with Gasteiger partial charge in [-0.25, -0.2) is 4.98 Å². The number of hydrogen-bond donors (Lipinski definition) is 1. The molecule has 2 heterocycles. The van der Waals surface area contributed by atoms with Gasteiger partial charge >= 0.3 is 0 Å². The third kappa shape index (κ3) is 2.72. The van der Waals surface area contributed by atoms with Gasteiger partial charge in [0.2, 0.25) is 11.2 Å². The second-order valence-electron chi connectivity index (χ2n) is 5.29. The molecule has 23 heavy (non-hydrogen) atoms. The molecule has 0 spiro atoms. The van der Waals surface area contributed by atoms with Crippen molar-refractivity contribution < 1.29 is 14.3 Å². The lowest BCUT2D eigenvalue weighted by Crippen LogP contribution is -2.40. The summed E-state index contributed by atoms with van der Waals surface area (Å²) >= 11 is 6.06. The summed E-state index contributed by atoms with van der Waals surface area (Å²) in [7, 11) is 3.11. The molecule has 1 aromatic heterocycles. The number of hydrogen-bond acceptors (Lipinski definition) is 6. The monoisotopic (exact) mass is 336 g/mol. The largest absolute Gasteiger partial charge is 0.493 e. The molecule has 1 atom stereocenters. The van der Waals surface area contributed by atoms with Crippen molar-refractivity contribution in [2.24, 2.45) is 5.73 Å². The van der Waals surface area contributed by atoms with Crippen LogP contribution >= 0.6 is 11.6 Å². The Labute approximate surface area is 138 Å². The van der Waals surface area contributed by atoms with E-state index in [0.29, 0.717) is 35.8 Å². The fraction of sp³-hybridized carbons (Fsp3) is 0.400. The molecule has 0 aliphatic carbocycles. The van der Waals surface area contributed by atoms with Crippen molar-refractivity contribution in [3.63, 3.8) is 0 Å². The normalized spacial score (nSPS) is 17.5. The van der Waals surface area contributed by atoms with Crippen LogP contribution in [0, 0.1) is 0 Å². The van der Waals surface area contributed by atoms with Crippen molar-refractivity contribution in [1.82, 2.24) is 9.97 Å². The van der Waals surface area contributed by atoms with Crippen molar-refractivity contribution in [2.45, 2.75) is 18.9 Å². The summed E-state index contributed by atoms with van der Waals surface area (Å²) in [4.78, 5) is 22.1. The van der Waals surface area contributed by atoms with Crippen LogP contribution in [0.25, 0.3) is 10.9 Å². The fourth-order valence-corrected chi connectivity index (χ4v) is 3.12. The number of primary amides is 1. The first kappa shape index (κ1) is 15.6. The zero-order chi connectivity index (χ0) is 16.6. The highest BCUT2D eigenvalue weighted by atomic mass is 35.5. The lowest BCUT2D eigenvalue weighted by molar-refractivity contribution is -0.119. The number of methoxy groups -OCH3 is 2. The molecule has 3 rings (SSSR count). The predicted molar refractivity (Wildman–Crippen MR) is 87.2 cm³/mol. The average Bonchev–Trinajstić information content (AvgIpc) is 3.02. The number of ether oxygens (including phenoxy) is 2. The first-order valence-corrected chi connectivity index (χ1v) is 7.58. The van der Waals surface area contributed by atoms with Gasteiger partial charge in [0.1, 0.15) is 11.9 Å². The van der Waals surface area contributed by atoms with E-state index >= 15 is 0 Å². The van der Waals surface area contributed by atoms with Crippen LogP contribution < -0.4 is 20.1 Å². The highest BCUT2D eigenvalue weighted by Gasteiger charge is 2.31. The second kappa shape index (κ2) is 6.08. The quantitative estimate of drug-likeness (QED) is 0.855. The fourth-order valence-electron chi connectivity index (χ4n) is 2.95. The van der Waals surface area contributed by atoms with Crippen LogP contribution in [0.15, 0.2) is 12.1 Å². The molecule has 1 amide bonds. The van der Waals surface area contributed by atoms with Gasteiger partial charge in [0.15, 0.2) is 11.5 Å². The molecule has 0 radical (unpaired) electrons. The molecule has 1 aromatic carbocycles. The Balaban J connectivity index is 2.21. The lowest BCUT2D eigenvalue weighted by atomic mass is 10.1. The minimum absolute atomic E-state index is 0.106. The van der Waals surface area contributed by atoms with Crippen LogP contribution in [0.2, 0.25) is 5.28 Å². The summed E-state index contributed by atoms with van der Waals surface area (Å²) < 4.78 is 10.6. The molecule has 1 aliphatic rings. The number of aromatic nitrogens is 2. The van der Waals surface area contributed by atoms with E-state index in [1.165, 1.54) is 0 Å². The molecule has 1 saturated heterocycles. The van der Waals surface area contributed by atoms with Crippen LogP contribution in [-0.4, -0.2) is 42.7 Å². The summed E-state index contributed by atoms with van der Waals surface area (Å²) in [5.41, 5.74) is 6.13. The van der Waals surface area contributed by atoms with E-state index in [1.807, 2.05) is 4.90 Å². The molecule has 1 fully saturated rings. The minimum Gasteiger partial charge on any atom is -0.493 e. The number of amides is 1. The standard InChI is InChI=1S/C15H17ClN4O3/c1-22-11-6-8-9(7-12(11)23-2)18-15(16)19-14(8)20-5-3-4-10(20)13(17)21/h6-7,10H,3-5H2,1-2H3,(H2,17,21). The number of carbonyl (C=O) groups is 1. The van der Waals surface area contributed by atoms with Gasteiger partial charge in [0.05, 0.1) is 19.7 Å². The number of benzene rings is 1. The summed E-state index contributed by atoms with van der Waals surface area (Å²) in [5, 5.41) is 0.843. The van der Waals surface area contributed by atoms with Crippen molar-refractivity contribution in [2.75, 3.05) is 25.7 Å². The Morgan fingerprint density at radius 1 is 1.30 bits per heavy atom. The Kier molecular flexibility index (Phi) is 4.12. The topological polar surface area (TPSA) is 90.6 Å². The summed E-state index contributed by atoms with van der Waals surface area (Å²) in [6.45, 7) is 0.685. The highest BCUT2D eigenvalue weighted by Crippen LogP contribution is 2.37. The molecule has 0 bridgehead atoms. The van der Waals surface area contributed by atoms with E-state index < -0.39 is 6.04 Å². The Morgan fingerprint density at radius 3 is 2.65 bits per heavy atom. The number of carbonyl (C=O) groups excluding carboxylic acids is 1. The van der Waals surface area contributed by atoms with Gasteiger partial charge in [-0.1, -0.05) is 0 Å². The predicted octanol–water partition coefficient (Wildman–Crippen LogP) is 1.75. The van der Waals surface area contributed by atoms with E-state index in [0.717, 1.165) is 11.8 Å². The third-order valence-corrected chi connectivity index (χ3v) is 4.18. The zero-order valence-electron chi connectivity index (χ0n) is 12.9. The average molecular weight is 337 g/mol. The molecular formula is C15H17ClN4O3. The van der Waals surface area contributed by atoms with Gasteiger partial charge < -0.3 is 20.1 Å². The number of nitrogens with two attached hydrogens (primary N) is 1. The van der Waals surface area contributed by atoms with Crippen molar-refractivity contribution in [3.05, 3.63) is 17.4 Å². The molecule has 7 nitrogen and oxygen atoms in total. The van der Waals surface area contributed by atoms with Crippen LogP contribution in [0.3, 0.4) is 0 Å². The van der Waals surface area contributed by atoms with E-state index in [2.05, 4.69) is 9.97 Å². The zero-order valence-corrected chi connectivity index (χ0v) is 13.6. The van der Waals surface area contributed by atoms with Gasteiger partial charge in [0, 0.05) is 18.0 Å². The van der Waals surface area contributed by atoms with Gasteiger partial charge in [-0.3, -0.25) is 4.79 Å². The smallest absolute Gasteiger partial charge is 0.240 e. The first-order valence-electron chi connectivity index (χ1n) is 7.20. The number of anilines is 1. The van der Waals surface area contributed by atoms with Crippen molar-refractivity contribution in [3.8, 4) is 11.5 Å². The van der Waals surface area contributed by atoms with Gasteiger partial charge in [-0.05, 0) is 30.5 Å². The lowest BCUT2D eigenvalue weighted by Gasteiger charge is -2.24. The van der Waals surface area contributed by atoms with E-state index in [9.17, 15) is 4.79 Å². The summed E-state index contributed by atoms with van der Waals surface area (Å²) in [5.74, 6) is 1.32. The molecule has 1 unspecified atom stereocenters. The number of halogens is 1. The molecular weight excluding hydrogens is 320 g/mol. The number of rotatable bonds is 4. The number of nitrogens with zero attached hydrogens (tertiary/aromatic N) is 3. The van der Waals surface area contributed by atoms with E-state index in [4.69, 9.17) is 26.8 Å². The van der Waals surface area contributed by atoms with Crippen LogP contribution in [0.1, 0.15) is 12.8 Å². The number of fused-ring (bicyclic) bond motifs is 1. The second-order valence-corrected chi connectivity index (χ2v) is 5.63. The SMILES string of the molecule is COc1cc2nc(Cl)nc(N3CCCC3C(N)=O)c2cc1OC. The molecule has 0 saturated carbocycles. The Hall–Kier alpha value is -2.28. The summed E-state index contributed by atoms with van der Waals surface area (Å²) in [6.07, 6.45) is 1.57. The highest BCUT2D eigenvalue weighted by molar-refractivity contribution is 6.28. The molecule has 2 N–H and O–H groups in total. The maximum Gasteiger partial charge on any atom is 0.240 e. The minimum atomic E-state index is -0.391. The van der Waals surface area contributed by atoms with Crippen LogP contribution in [-0.2, 0) is 4.79 Å². The van der Waals surface area contributed by atoms with Gasteiger partial charge in [0.25, 0.3) is 0 Å². The third-order valence-electron chi connectivity index (χ3n) is 4.01. The molecule has 8 heteroatoms. The van der Waals surface area contributed by atoms with Crippen molar-refractivity contribution in [1.29, 1.82) is 0 Å². The van der Waals surface area contributed by atoms with Crippen LogP contribution in [0.5, 0.6) is 11.5 Å². The maximum absolute atomic E-state index is 11.7. The summed E-state index contributed by atoms with van der Waals surface area (Å²) in [6, 6.07) is 3.13. The van der Waals surface area contributed by atoms with E-state index in [-0.39, 0.29) is 11.2 Å². The van der Waals surface area contributed by atoms with E-state index in [1.54, 1.807) is 26.4 Å². The van der Waals surface area contributed by atoms with Gasteiger partial charge in [-0.15, -0.1) is 0 Å².